The third-order valence-corrected chi connectivity index (χ3v) is 5.19. The molecule has 2 fully saturated rings. The predicted octanol–water partition coefficient (Wildman–Crippen LogP) is 2.71. The van der Waals surface area contributed by atoms with E-state index in [9.17, 15) is 4.79 Å². The minimum absolute atomic E-state index is 0.240. The van der Waals surface area contributed by atoms with Gasteiger partial charge in [0.2, 0.25) is 5.91 Å². The van der Waals surface area contributed by atoms with Crippen molar-refractivity contribution in [2.45, 2.75) is 64.8 Å². The van der Waals surface area contributed by atoms with Crippen molar-refractivity contribution in [3.05, 3.63) is 0 Å². The number of piperidine rings is 1. The van der Waals surface area contributed by atoms with Gasteiger partial charge in [0.15, 0.2) is 0 Å². The molecule has 4 unspecified atom stereocenters. The molecule has 1 aliphatic heterocycles. The van der Waals surface area contributed by atoms with E-state index in [2.05, 4.69) is 24.5 Å². The lowest BCUT2D eigenvalue weighted by Gasteiger charge is -2.31. The third kappa shape index (κ3) is 4.48. The number of nitrogens with one attached hydrogen (secondary N) is 2. The van der Waals surface area contributed by atoms with Crippen LogP contribution in [0.2, 0.25) is 0 Å². The zero-order valence-corrected chi connectivity index (χ0v) is 12.6. The first-order chi connectivity index (χ1) is 9.16. The van der Waals surface area contributed by atoms with E-state index in [4.69, 9.17) is 0 Å². The summed E-state index contributed by atoms with van der Waals surface area (Å²) in [7, 11) is 0. The molecule has 3 heteroatoms. The summed E-state index contributed by atoms with van der Waals surface area (Å²) in [6.07, 6.45) is 8.49. The van der Waals surface area contributed by atoms with Crippen LogP contribution in [0, 0.1) is 17.8 Å². The summed E-state index contributed by atoms with van der Waals surface area (Å²) in [5, 5.41) is 6.66. The van der Waals surface area contributed by atoms with Gasteiger partial charge in [-0.15, -0.1) is 0 Å². The monoisotopic (exact) mass is 266 g/mol. The fourth-order valence-electron chi connectivity index (χ4n) is 3.60. The van der Waals surface area contributed by atoms with Gasteiger partial charge in [-0.05, 0) is 43.6 Å². The maximum Gasteiger partial charge on any atom is 0.221 e. The van der Waals surface area contributed by atoms with Gasteiger partial charge in [-0.1, -0.05) is 33.1 Å². The van der Waals surface area contributed by atoms with Crippen molar-refractivity contribution in [1.29, 1.82) is 0 Å². The Morgan fingerprint density at radius 2 is 1.84 bits per heavy atom. The van der Waals surface area contributed by atoms with Gasteiger partial charge in [-0.2, -0.15) is 0 Å². The van der Waals surface area contributed by atoms with Crippen molar-refractivity contribution >= 4 is 5.91 Å². The van der Waals surface area contributed by atoms with E-state index in [1.807, 2.05) is 0 Å². The molecule has 1 amide bonds. The SMILES string of the molecule is CC1CCCCC1CNC(=O)CC1NCCCC1C. The molecule has 1 aliphatic carbocycles. The fraction of sp³-hybridized carbons (Fsp3) is 0.938. The molecule has 0 aromatic carbocycles. The van der Waals surface area contributed by atoms with Crippen LogP contribution < -0.4 is 10.6 Å². The molecule has 4 atom stereocenters. The summed E-state index contributed by atoms with van der Waals surface area (Å²) in [5.74, 6) is 2.35. The molecule has 19 heavy (non-hydrogen) atoms. The smallest absolute Gasteiger partial charge is 0.221 e. The molecule has 0 bridgehead atoms. The van der Waals surface area contributed by atoms with Crippen LogP contribution in [0.1, 0.15) is 58.8 Å². The van der Waals surface area contributed by atoms with E-state index in [1.54, 1.807) is 0 Å². The van der Waals surface area contributed by atoms with Gasteiger partial charge >= 0.3 is 0 Å². The van der Waals surface area contributed by atoms with Crippen LogP contribution >= 0.6 is 0 Å². The summed E-state index contributed by atoms with van der Waals surface area (Å²) in [6.45, 7) is 6.55. The van der Waals surface area contributed by atoms with E-state index in [0.29, 0.717) is 24.3 Å². The number of amides is 1. The molecule has 0 aromatic heterocycles. The van der Waals surface area contributed by atoms with Gasteiger partial charge in [-0.25, -0.2) is 0 Å². The Kier molecular flexibility index (Phi) is 5.68. The van der Waals surface area contributed by atoms with E-state index in [1.165, 1.54) is 38.5 Å². The molecule has 1 heterocycles. The van der Waals surface area contributed by atoms with E-state index >= 15 is 0 Å². The lowest BCUT2D eigenvalue weighted by molar-refractivity contribution is -0.122. The van der Waals surface area contributed by atoms with E-state index < -0.39 is 0 Å². The highest BCUT2D eigenvalue weighted by atomic mass is 16.1. The second-order valence-corrected chi connectivity index (χ2v) is 6.71. The van der Waals surface area contributed by atoms with Crippen LogP contribution in [-0.4, -0.2) is 25.0 Å². The molecule has 2 rings (SSSR count). The molecule has 0 radical (unpaired) electrons. The number of carbonyl (C=O) groups is 1. The summed E-state index contributed by atoms with van der Waals surface area (Å²) < 4.78 is 0. The van der Waals surface area contributed by atoms with Crippen molar-refractivity contribution in [2.75, 3.05) is 13.1 Å². The molecule has 110 valence electrons. The Bertz CT molecular complexity index is 292. The zero-order chi connectivity index (χ0) is 13.7. The second-order valence-electron chi connectivity index (χ2n) is 6.71. The quantitative estimate of drug-likeness (QED) is 0.821. The number of hydrogen-bond acceptors (Lipinski definition) is 2. The van der Waals surface area contributed by atoms with Gasteiger partial charge < -0.3 is 10.6 Å². The molecule has 0 aromatic rings. The maximum absolute atomic E-state index is 12.1. The normalized spacial score (nSPS) is 35.9. The number of rotatable bonds is 4. The summed E-state index contributed by atoms with van der Waals surface area (Å²) in [4.78, 5) is 12.1. The average molecular weight is 266 g/mol. The lowest BCUT2D eigenvalue weighted by atomic mass is 9.80. The van der Waals surface area contributed by atoms with Crippen molar-refractivity contribution in [1.82, 2.24) is 10.6 Å². The first kappa shape index (κ1) is 14.8. The molecular formula is C16H30N2O. The molecule has 2 aliphatic rings. The molecule has 0 spiro atoms. The maximum atomic E-state index is 12.1. The zero-order valence-electron chi connectivity index (χ0n) is 12.6. The highest BCUT2D eigenvalue weighted by Crippen LogP contribution is 2.28. The highest BCUT2D eigenvalue weighted by molar-refractivity contribution is 5.76. The Hall–Kier alpha value is -0.570. The third-order valence-electron chi connectivity index (χ3n) is 5.19. The Morgan fingerprint density at radius 3 is 2.58 bits per heavy atom. The van der Waals surface area contributed by atoms with Gasteiger partial charge in [0.25, 0.3) is 0 Å². The van der Waals surface area contributed by atoms with Crippen LogP contribution in [0.25, 0.3) is 0 Å². The Morgan fingerprint density at radius 1 is 1.11 bits per heavy atom. The summed E-state index contributed by atoms with van der Waals surface area (Å²) in [6, 6.07) is 0.387. The van der Waals surface area contributed by atoms with Crippen LogP contribution in [0.5, 0.6) is 0 Å². The van der Waals surface area contributed by atoms with Crippen LogP contribution in [0.3, 0.4) is 0 Å². The second kappa shape index (κ2) is 7.28. The standard InChI is InChI=1S/C16H30N2O/c1-12-6-3-4-8-14(12)11-18-16(19)10-15-13(2)7-5-9-17-15/h12-15,17H,3-11H2,1-2H3,(H,18,19). The average Bonchev–Trinajstić information content (AvgIpc) is 2.40. The number of hydrogen-bond donors (Lipinski definition) is 2. The predicted molar refractivity (Wildman–Crippen MR) is 78.9 cm³/mol. The van der Waals surface area contributed by atoms with Crippen LogP contribution in [0.4, 0.5) is 0 Å². The van der Waals surface area contributed by atoms with E-state index in [0.717, 1.165) is 19.0 Å². The van der Waals surface area contributed by atoms with Gasteiger partial charge in [0.1, 0.15) is 0 Å². The van der Waals surface area contributed by atoms with Gasteiger partial charge in [-0.3, -0.25) is 4.79 Å². The van der Waals surface area contributed by atoms with Crippen molar-refractivity contribution in [3.63, 3.8) is 0 Å². The summed E-state index contributed by atoms with van der Waals surface area (Å²) >= 11 is 0. The van der Waals surface area contributed by atoms with Crippen molar-refractivity contribution in [2.24, 2.45) is 17.8 Å². The number of carbonyl (C=O) groups excluding carboxylic acids is 1. The largest absolute Gasteiger partial charge is 0.356 e. The Labute approximate surface area is 117 Å². The van der Waals surface area contributed by atoms with Gasteiger partial charge in [0, 0.05) is 19.0 Å². The molecule has 2 N–H and O–H groups in total. The van der Waals surface area contributed by atoms with E-state index in [-0.39, 0.29) is 5.91 Å². The minimum Gasteiger partial charge on any atom is -0.356 e. The first-order valence-corrected chi connectivity index (χ1v) is 8.17. The van der Waals surface area contributed by atoms with Crippen molar-refractivity contribution < 1.29 is 4.79 Å². The highest BCUT2D eigenvalue weighted by Gasteiger charge is 2.25. The van der Waals surface area contributed by atoms with Crippen molar-refractivity contribution in [3.8, 4) is 0 Å². The molecule has 1 saturated carbocycles. The van der Waals surface area contributed by atoms with Gasteiger partial charge in [0.05, 0.1) is 0 Å². The minimum atomic E-state index is 0.240. The molecule has 3 nitrogen and oxygen atoms in total. The lowest BCUT2D eigenvalue weighted by Crippen LogP contribution is -2.44. The Balaban J connectivity index is 1.69. The summed E-state index contributed by atoms with van der Waals surface area (Å²) in [5.41, 5.74) is 0. The van der Waals surface area contributed by atoms with Crippen LogP contribution in [-0.2, 0) is 4.79 Å². The topological polar surface area (TPSA) is 41.1 Å². The first-order valence-electron chi connectivity index (χ1n) is 8.17. The molecular weight excluding hydrogens is 236 g/mol. The fourth-order valence-corrected chi connectivity index (χ4v) is 3.60. The van der Waals surface area contributed by atoms with Crippen LogP contribution in [0.15, 0.2) is 0 Å². The molecule has 1 saturated heterocycles.